The summed E-state index contributed by atoms with van der Waals surface area (Å²) >= 11 is 0. The van der Waals surface area contributed by atoms with Crippen LogP contribution in [-0.4, -0.2) is 125 Å². The van der Waals surface area contributed by atoms with Crippen LogP contribution >= 0.6 is 0 Å². The van der Waals surface area contributed by atoms with Crippen LogP contribution in [0, 0.1) is 0 Å². The molecule has 278 valence electrons. The van der Waals surface area contributed by atoms with Gasteiger partial charge in [0.15, 0.2) is 0 Å². The molecule has 0 spiro atoms. The van der Waals surface area contributed by atoms with Crippen molar-refractivity contribution < 1.29 is 43.0 Å². The molecule has 0 saturated heterocycles. The van der Waals surface area contributed by atoms with Crippen LogP contribution in [0.5, 0.6) is 0 Å². The van der Waals surface area contributed by atoms with Crippen molar-refractivity contribution in [2.24, 2.45) is 0 Å². The second kappa shape index (κ2) is 26.6. The zero-order valence-electron chi connectivity index (χ0n) is 30.1. The van der Waals surface area contributed by atoms with Crippen molar-refractivity contribution in [2.45, 2.75) is 116 Å². The van der Waals surface area contributed by atoms with Crippen molar-refractivity contribution in [3.8, 4) is 0 Å². The van der Waals surface area contributed by atoms with E-state index in [9.17, 15) is 28.8 Å². The second-order valence-electron chi connectivity index (χ2n) is 11.1. The number of carbonyl (C=O) groups excluding carboxylic acids is 6. The highest BCUT2D eigenvalue weighted by atomic mass is 16.5. The number of carbonyl (C=O) groups is 6. The Hall–Kier alpha value is -3.34. The summed E-state index contributed by atoms with van der Waals surface area (Å²) in [6, 6.07) is -5.00. The Morgan fingerprint density at radius 1 is 0.438 bits per heavy atom. The average Bonchev–Trinajstić information content (AvgIpc) is 3.08. The first-order valence-electron chi connectivity index (χ1n) is 17.1. The zero-order valence-corrected chi connectivity index (χ0v) is 30.1. The fourth-order valence-electron chi connectivity index (χ4n) is 4.48. The van der Waals surface area contributed by atoms with Crippen LogP contribution in [0.4, 0.5) is 0 Å². The zero-order chi connectivity index (χ0) is 36.5. The molecular formula is C32H61N7O9. The molecule has 0 heterocycles. The topological polar surface area (TPSA) is 214 Å². The highest BCUT2D eigenvalue weighted by Gasteiger charge is 2.31. The minimum absolute atomic E-state index is 0.220. The molecule has 16 heteroatoms. The lowest BCUT2D eigenvalue weighted by Crippen LogP contribution is -2.59. The maximum atomic E-state index is 13.1. The van der Waals surface area contributed by atoms with Crippen molar-refractivity contribution in [3.05, 3.63) is 0 Å². The minimum Gasteiger partial charge on any atom is -0.382 e. The lowest BCUT2D eigenvalue weighted by Gasteiger charge is -2.26. The molecule has 7 N–H and O–H groups in total. The predicted octanol–water partition coefficient (Wildman–Crippen LogP) is -0.746. The lowest BCUT2D eigenvalue weighted by atomic mass is 10.1. The molecule has 6 amide bonds. The largest absolute Gasteiger partial charge is 0.382 e. The van der Waals surface area contributed by atoms with Crippen LogP contribution in [-0.2, 0) is 43.0 Å². The van der Waals surface area contributed by atoms with Gasteiger partial charge in [0.1, 0.15) is 30.2 Å². The van der Waals surface area contributed by atoms with Gasteiger partial charge in [-0.3, -0.25) is 28.8 Å². The number of nitrogens with one attached hydrogen (secondary N) is 7. The molecule has 0 aromatic heterocycles. The van der Waals surface area contributed by atoms with Gasteiger partial charge < -0.3 is 51.4 Å². The number of hydrogen-bond donors (Lipinski definition) is 7. The van der Waals surface area contributed by atoms with Crippen molar-refractivity contribution in [1.82, 2.24) is 37.2 Å². The third-order valence-electron chi connectivity index (χ3n) is 7.63. The van der Waals surface area contributed by atoms with E-state index in [1.54, 1.807) is 48.8 Å². The third kappa shape index (κ3) is 17.2. The van der Waals surface area contributed by atoms with Gasteiger partial charge >= 0.3 is 0 Å². The highest BCUT2D eigenvalue weighted by Crippen LogP contribution is 2.03. The van der Waals surface area contributed by atoms with Gasteiger partial charge in [-0.15, -0.1) is 0 Å². The van der Waals surface area contributed by atoms with E-state index in [4.69, 9.17) is 14.2 Å². The molecule has 16 nitrogen and oxygen atoms in total. The predicted molar refractivity (Wildman–Crippen MR) is 181 cm³/mol. The van der Waals surface area contributed by atoms with Gasteiger partial charge in [-0.05, 0) is 45.6 Å². The Bertz CT molecular complexity index is 982. The Balaban J connectivity index is 5.05. The first-order valence-corrected chi connectivity index (χ1v) is 17.1. The quantitative estimate of drug-likeness (QED) is 0.0537. The molecule has 0 saturated carbocycles. The molecular weight excluding hydrogens is 626 g/mol. The fourth-order valence-corrected chi connectivity index (χ4v) is 4.48. The summed E-state index contributed by atoms with van der Waals surface area (Å²) in [5.74, 6) is -2.89. The Morgan fingerprint density at radius 3 is 1.04 bits per heavy atom. The molecule has 0 aromatic carbocycles. The van der Waals surface area contributed by atoms with Crippen LogP contribution < -0.4 is 37.2 Å². The number of hydrogen-bond acceptors (Lipinski definition) is 10. The summed E-state index contributed by atoms with van der Waals surface area (Å²) in [6.07, 6.45) is 1.88. The molecule has 0 radical (unpaired) electrons. The summed E-state index contributed by atoms with van der Waals surface area (Å²) in [5.41, 5.74) is 0. The Labute approximate surface area is 285 Å². The van der Waals surface area contributed by atoms with Crippen LogP contribution in [0.1, 0.15) is 80.1 Å². The molecule has 0 aromatic rings. The number of likely N-dealkylation sites (N-methyl/N-ethyl adjacent to an activating group) is 1. The van der Waals surface area contributed by atoms with Gasteiger partial charge in [-0.2, -0.15) is 0 Å². The van der Waals surface area contributed by atoms with E-state index in [0.29, 0.717) is 45.7 Å². The van der Waals surface area contributed by atoms with Crippen molar-refractivity contribution >= 4 is 35.4 Å². The minimum atomic E-state index is -0.983. The van der Waals surface area contributed by atoms with Crippen molar-refractivity contribution in [3.63, 3.8) is 0 Å². The van der Waals surface area contributed by atoms with E-state index >= 15 is 0 Å². The number of methoxy groups -OCH3 is 1. The molecule has 6 atom stereocenters. The van der Waals surface area contributed by atoms with E-state index in [1.807, 2.05) is 6.92 Å². The van der Waals surface area contributed by atoms with E-state index in [2.05, 4.69) is 37.2 Å². The molecule has 0 aliphatic rings. The van der Waals surface area contributed by atoms with Gasteiger partial charge in [-0.25, -0.2) is 0 Å². The smallest absolute Gasteiger partial charge is 0.243 e. The van der Waals surface area contributed by atoms with Crippen LogP contribution in [0.15, 0.2) is 0 Å². The normalized spacial score (nSPS) is 14.8. The molecule has 48 heavy (non-hydrogen) atoms. The monoisotopic (exact) mass is 687 g/mol. The van der Waals surface area contributed by atoms with Gasteiger partial charge in [0, 0.05) is 13.7 Å². The first kappa shape index (κ1) is 44.7. The number of amides is 6. The molecule has 0 rings (SSSR count). The lowest BCUT2D eigenvalue weighted by molar-refractivity contribution is -0.135. The van der Waals surface area contributed by atoms with E-state index in [0.717, 1.165) is 0 Å². The van der Waals surface area contributed by atoms with Gasteiger partial charge in [0.05, 0.1) is 39.1 Å². The van der Waals surface area contributed by atoms with Gasteiger partial charge in [0.25, 0.3) is 0 Å². The van der Waals surface area contributed by atoms with Crippen LogP contribution in [0.3, 0.4) is 0 Å². The van der Waals surface area contributed by atoms with Gasteiger partial charge in [0.2, 0.25) is 35.4 Å². The standard InChI is InChI=1S/C32H61N7O9/c1-9-21(33-7)28(41)36-23(11-3)30(43)38-25(13-5)32(45)39-26(14-6)31(44)37-24(12-4)29(42)35-22(10-2)27(40)34-15-16-47-19-20-48-18-17-46-8/h21-26,33H,9-20H2,1-8H3,(H,34,40)(H,35,42)(H,36,41)(H,37,44)(H,38,43)(H,39,45)/t21-,22-,23-,24-,25-,26-/m0/s1. The summed E-state index contributed by atoms with van der Waals surface area (Å²) in [7, 11) is 3.25. The van der Waals surface area contributed by atoms with Gasteiger partial charge in [-0.1, -0.05) is 41.5 Å². The number of rotatable bonds is 27. The van der Waals surface area contributed by atoms with E-state index < -0.39 is 59.9 Å². The summed E-state index contributed by atoms with van der Waals surface area (Å²) in [4.78, 5) is 77.4. The third-order valence-corrected chi connectivity index (χ3v) is 7.63. The van der Waals surface area contributed by atoms with Crippen LogP contribution in [0.2, 0.25) is 0 Å². The first-order chi connectivity index (χ1) is 23.0. The fraction of sp³-hybridized carbons (Fsp3) is 0.812. The van der Waals surface area contributed by atoms with Crippen molar-refractivity contribution in [1.29, 1.82) is 0 Å². The average molecular weight is 688 g/mol. The SMILES string of the molecule is CC[C@H](NC)C(=O)N[C@@H](CC)C(=O)N[C@@H](CC)C(=O)N[C@@H](CC)C(=O)N[C@@H](CC)C(=O)N[C@@H](CC)C(=O)NCCOCCOCCOC. The number of ether oxygens (including phenoxy) is 3. The molecule has 0 bridgehead atoms. The van der Waals surface area contributed by atoms with E-state index in [1.165, 1.54) is 0 Å². The Morgan fingerprint density at radius 2 is 0.729 bits per heavy atom. The summed E-state index contributed by atoms with van der Waals surface area (Å²) < 4.78 is 15.6. The summed E-state index contributed by atoms with van der Waals surface area (Å²) in [5, 5.41) is 19.0. The second-order valence-corrected chi connectivity index (χ2v) is 11.1. The van der Waals surface area contributed by atoms with E-state index in [-0.39, 0.29) is 44.2 Å². The summed E-state index contributed by atoms with van der Waals surface area (Å²) in [6.45, 7) is 12.8. The van der Waals surface area contributed by atoms with Crippen molar-refractivity contribution in [2.75, 3.05) is 53.7 Å². The maximum absolute atomic E-state index is 13.1. The van der Waals surface area contributed by atoms with Crippen LogP contribution in [0.25, 0.3) is 0 Å². The highest BCUT2D eigenvalue weighted by molar-refractivity contribution is 5.96. The molecule has 0 unspecified atom stereocenters. The molecule has 0 aliphatic carbocycles. The molecule has 0 aliphatic heterocycles. The Kier molecular flexibility index (Phi) is 24.7. The molecule has 0 fully saturated rings. The maximum Gasteiger partial charge on any atom is 0.243 e.